The fourth-order valence-electron chi connectivity index (χ4n) is 2.17. The molecule has 0 saturated heterocycles. The molecule has 0 aliphatic heterocycles. The van der Waals surface area contributed by atoms with Gasteiger partial charge < -0.3 is 15.8 Å². The van der Waals surface area contributed by atoms with Crippen LogP contribution in [0, 0.1) is 0 Å². The molecule has 0 aliphatic rings. The maximum Gasteiger partial charge on any atom is 0.272 e. The molecule has 0 bridgehead atoms. The van der Waals surface area contributed by atoms with E-state index < -0.39 is 0 Å². The van der Waals surface area contributed by atoms with Crippen molar-refractivity contribution < 1.29 is 5.11 Å². The first-order valence-corrected chi connectivity index (χ1v) is 6.38. The molecule has 21 heavy (non-hydrogen) atoms. The molecule has 1 aromatic carbocycles. The maximum absolute atomic E-state index is 12.0. The van der Waals surface area contributed by atoms with Gasteiger partial charge in [0.05, 0.1) is 0 Å². The van der Waals surface area contributed by atoms with Crippen LogP contribution in [-0.2, 0) is 0 Å². The Balaban J connectivity index is 2.21. The van der Waals surface area contributed by atoms with Gasteiger partial charge >= 0.3 is 0 Å². The number of phenols is 1. The number of aromatic amines is 1. The standard InChI is InChI=1S/C16H13N3O2/c17-15-13(10-4-6-18-7-5-10)9-14(19-16(15)21)11-2-1-3-12(20)8-11/h1-9,20H,17H2,(H,19,21). The van der Waals surface area contributed by atoms with Gasteiger partial charge in [-0.2, -0.15) is 0 Å². The molecule has 2 aromatic heterocycles. The molecule has 0 fully saturated rings. The Morgan fingerprint density at radius 1 is 1.05 bits per heavy atom. The fourth-order valence-corrected chi connectivity index (χ4v) is 2.17. The quantitative estimate of drug-likeness (QED) is 0.671. The van der Waals surface area contributed by atoms with Crippen LogP contribution in [0.4, 0.5) is 5.69 Å². The van der Waals surface area contributed by atoms with Gasteiger partial charge in [0.25, 0.3) is 5.56 Å². The van der Waals surface area contributed by atoms with Crippen molar-refractivity contribution in [3.63, 3.8) is 0 Å². The Bertz CT molecular complexity index is 842. The number of rotatable bonds is 2. The van der Waals surface area contributed by atoms with Crippen molar-refractivity contribution in [2.45, 2.75) is 0 Å². The molecule has 4 N–H and O–H groups in total. The van der Waals surface area contributed by atoms with Gasteiger partial charge in [-0.1, -0.05) is 12.1 Å². The molecule has 104 valence electrons. The van der Waals surface area contributed by atoms with Crippen LogP contribution in [0.15, 0.2) is 59.7 Å². The first-order valence-electron chi connectivity index (χ1n) is 6.38. The number of H-pyrrole nitrogens is 1. The molecular weight excluding hydrogens is 266 g/mol. The Hall–Kier alpha value is -3.08. The zero-order valence-corrected chi connectivity index (χ0v) is 11.1. The molecule has 0 radical (unpaired) electrons. The smallest absolute Gasteiger partial charge is 0.272 e. The average Bonchev–Trinajstić information content (AvgIpc) is 2.51. The van der Waals surface area contributed by atoms with Crippen LogP contribution < -0.4 is 11.3 Å². The third-order valence-corrected chi connectivity index (χ3v) is 3.22. The summed E-state index contributed by atoms with van der Waals surface area (Å²) in [6.45, 7) is 0. The number of aromatic nitrogens is 2. The lowest BCUT2D eigenvalue weighted by atomic mass is 10.0. The Labute approximate surface area is 120 Å². The minimum atomic E-state index is -0.359. The average molecular weight is 279 g/mol. The number of nitrogens with two attached hydrogens (primary N) is 1. The first-order chi connectivity index (χ1) is 10.1. The largest absolute Gasteiger partial charge is 0.508 e. The number of nitrogen functional groups attached to an aromatic ring is 1. The number of nitrogens with zero attached hydrogens (tertiary/aromatic N) is 1. The van der Waals surface area contributed by atoms with Gasteiger partial charge in [-0.3, -0.25) is 9.78 Å². The van der Waals surface area contributed by atoms with Crippen LogP contribution in [0.25, 0.3) is 22.4 Å². The summed E-state index contributed by atoms with van der Waals surface area (Å²) in [5.74, 6) is 0.135. The summed E-state index contributed by atoms with van der Waals surface area (Å²) in [5.41, 5.74) is 8.43. The SMILES string of the molecule is Nc1c(-c2ccncc2)cc(-c2cccc(O)c2)[nH]c1=O. The highest BCUT2D eigenvalue weighted by Crippen LogP contribution is 2.28. The second kappa shape index (κ2) is 5.13. The van der Waals surface area contributed by atoms with Crippen molar-refractivity contribution in [3.05, 3.63) is 65.2 Å². The highest BCUT2D eigenvalue weighted by molar-refractivity contribution is 5.79. The lowest BCUT2D eigenvalue weighted by molar-refractivity contribution is 0.475. The second-order valence-corrected chi connectivity index (χ2v) is 4.63. The zero-order chi connectivity index (χ0) is 14.8. The lowest BCUT2D eigenvalue weighted by Crippen LogP contribution is -2.13. The zero-order valence-electron chi connectivity index (χ0n) is 11.1. The van der Waals surface area contributed by atoms with E-state index in [2.05, 4.69) is 9.97 Å². The molecule has 0 saturated carbocycles. The summed E-state index contributed by atoms with van der Waals surface area (Å²) >= 11 is 0. The number of phenolic OH excluding ortho intramolecular Hbond substituents is 1. The molecule has 0 aliphatic carbocycles. The minimum absolute atomic E-state index is 0.135. The molecule has 0 atom stereocenters. The van der Waals surface area contributed by atoms with Crippen molar-refractivity contribution in [3.8, 4) is 28.1 Å². The molecule has 0 spiro atoms. The Morgan fingerprint density at radius 3 is 2.52 bits per heavy atom. The molecular formula is C16H13N3O2. The number of hydrogen-bond acceptors (Lipinski definition) is 4. The monoisotopic (exact) mass is 279 g/mol. The van der Waals surface area contributed by atoms with Gasteiger partial charge in [0.2, 0.25) is 0 Å². The number of pyridine rings is 2. The summed E-state index contributed by atoms with van der Waals surface area (Å²) in [6.07, 6.45) is 3.29. The topological polar surface area (TPSA) is 92.0 Å². The van der Waals surface area contributed by atoms with Gasteiger partial charge in [0.15, 0.2) is 0 Å². The summed E-state index contributed by atoms with van der Waals surface area (Å²) < 4.78 is 0. The second-order valence-electron chi connectivity index (χ2n) is 4.63. The van der Waals surface area contributed by atoms with Crippen molar-refractivity contribution >= 4 is 5.69 Å². The van der Waals surface area contributed by atoms with E-state index in [0.717, 1.165) is 5.56 Å². The highest BCUT2D eigenvalue weighted by atomic mass is 16.3. The van der Waals surface area contributed by atoms with Gasteiger partial charge in [0.1, 0.15) is 11.4 Å². The van der Waals surface area contributed by atoms with E-state index in [1.54, 1.807) is 54.9 Å². The molecule has 2 heterocycles. The number of benzene rings is 1. The number of hydrogen-bond donors (Lipinski definition) is 3. The normalized spacial score (nSPS) is 10.5. The van der Waals surface area contributed by atoms with E-state index in [0.29, 0.717) is 16.8 Å². The molecule has 3 rings (SSSR count). The van der Waals surface area contributed by atoms with Crippen LogP contribution in [0.1, 0.15) is 0 Å². The van der Waals surface area contributed by atoms with Crippen LogP contribution in [-0.4, -0.2) is 15.1 Å². The Kier molecular flexibility index (Phi) is 3.16. The molecule has 3 aromatic rings. The van der Waals surface area contributed by atoms with E-state index in [9.17, 15) is 9.90 Å². The molecule has 0 amide bonds. The van der Waals surface area contributed by atoms with Gasteiger partial charge in [-0.05, 0) is 35.9 Å². The predicted octanol–water partition coefficient (Wildman–Crippen LogP) is 2.39. The highest BCUT2D eigenvalue weighted by Gasteiger charge is 2.10. The van der Waals surface area contributed by atoms with Crippen molar-refractivity contribution in [1.29, 1.82) is 0 Å². The van der Waals surface area contributed by atoms with Gasteiger partial charge in [-0.15, -0.1) is 0 Å². The third-order valence-electron chi connectivity index (χ3n) is 3.22. The number of anilines is 1. The first kappa shape index (κ1) is 12.9. The fraction of sp³-hybridized carbons (Fsp3) is 0. The van der Waals surface area contributed by atoms with E-state index >= 15 is 0 Å². The summed E-state index contributed by atoms with van der Waals surface area (Å²) in [4.78, 5) is 18.7. The van der Waals surface area contributed by atoms with E-state index in [-0.39, 0.29) is 17.0 Å². The van der Waals surface area contributed by atoms with Crippen LogP contribution in [0.5, 0.6) is 5.75 Å². The molecule has 5 nitrogen and oxygen atoms in total. The van der Waals surface area contributed by atoms with Crippen LogP contribution in [0.2, 0.25) is 0 Å². The van der Waals surface area contributed by atoms with Crippen LogP contribution >= 0.6 is 0 Å². The van der Waals surface area contributed by atoms with Crippen molar-refractivity contribution in [1.82, 2.24) is 9.97 Å². The summed E-state index contributed by atoms with van der Waals surface area (Å²) in [6, 6.07) is 12.0. The maximum atomic E-state index is 12.0. The van der Waals surface area contributed by atoms with Crippen molar-refractivity contribution in [2.75, 3.05) is 5.73 Å². The van der Waals surface area contributed by atoms with Gasteiger partial charge in [-0.25, -0.2) is 0 Å². The number of nitrogens with one attached hydrogen (secondary N) is 1. The summed E-state index contributed by atoms with van der Waals surface area (Å²) in [5, 5.41) is 9.56. The molecule has 5 heteroatoms. The van der Waals surface area contributed by atoms with E-state index in [1.165, 1.54) is 0 Å². The Morgan fingerprint density at radius 2 is 1.81 bits per heavy atom. The third kappa shape index (κ3) is 2.49. The minimum Gasteiger partial charge on any atom is -0.508 e. The van der Waals surface area contributed by atoms with E-state index in [1.807, 2.05) is 0 Å². The van der Waals surface area contributed by atoms with Crippen LogP contribution in [0.3, 0.4) is 0 Å². The molecule has 0 unspecified atom stereocenters. The van der Waals surface area contributed by atoms with E-state index in [4.69, 9.17) is 5.73 Å². The predicted molar refractivity (Wildman–Crippen MR) is 81.8 cm³/mol. The summed E-state index contributed by atoms with van der Waals surface area (Å²) in [7, 11) is 0. The van der Waals surface area contributed by atoms with Gasteiger partial charge in [0, 0.05) is 29.2 Å². The van der Waals surface area contributed by atoms with Crippen molar-refractivity contribution in [2.24, 2.45) is 0 Å². The lowest BCUT2D eigenvalue weighted by Gasteiger charge is -2.09. The number of aromatic hydroxyl groups is 1.